The first kappa shape index (κ1) is 15.4. The summed E-state index contributed by atoms with van der Waals surface area (Å²) in [7, 11) is 1.34. The molecular weight excluding hydrogens is 268 g/mol. The number of benzene rings is 1. The maximum Gasteiger partial charge on any atom is 0.325 e. The zero-order valence-electron chi connectivity index (χ0n) is 12.4. The zero-order chi connectivity index (χ0) is 15.1. The number of carbonyl (C=O) groups is 2. The van der Waals surface area contributed by atoms with Crippen molar-refractivity contribution in [2.24, 2.45) is 0 Å². The van der Waals surface area contributed by atoms with Crippen molar-refractivity contribution in [3.8, 4) is 0 Å². The Bertz CT molecular complexity index is 470. The molecule has 2 rings (SSSR count). The molecule has 5 nitrogen and oxygen atoms in total. The normalized spacial score (nSPS) is 14.7. The second-order valence-corrected chi connectivity index (χ2v) is 5.29. The number of urea groups is 1. The van der Waals surface area contributed by atoms with Gasteiger partial charge in [-0.25, -0.2) is 4.79 Å². The monoisotopic (exact) mass is 290 g/mol. The Kier molecular flexibility index (Phi) is 5.60. The number of amides is 2. The standard InChI is InChI=1S/C16H22N2O3/c1-21-15(19)12-18(14-9-5-6-10-14)16(20)17-11-13-7-3-2-4-8-13/h2-4,7-8,14H,5-6,9-12H2,1H3,(H,17,20). The Balaban J connectivity index is 1.94. The van der Waals surface area contributed by atoms with Crippen molar-refractivity contribution >= 4 is 12.0 Å². The van der Waals surface area contributed by atoms with E-state index < -0.39 is 0 Å². The Labute approximate surface area is 125 Å². The molecule has 1 aliphatic rings. The fourth-order valence-electron chi connectivity index (χ4n) is 2.66. The maximum atomic E-state index is 12.4. The Hall–Kier alpha value is -2.04. The molecule has 0 radical (unpaired) electrons. The highest BCUT2D eigenvalue weighted by Gasteiger charge is 2.28. The van der Waals surface area contributed by atoms with Crippen molar-refractivity contribution in [3.05, 3.63) is 35.9 Å². The topological polar surface area (TPSA) is 58.6 Å². The first-order valence-electron chi connectivity index (χ1n) is 7.36. The molecule has 5 heteroatoms. The van der Waals surface area contributed by atoms with Crippen molar-refractivity contribution in [3.63, 3.8) is 0 Å². The first-order valence-corrected chi connectivity index (χ1v) is 7.36. The van der Waals surface area contributed by atoms with E-state index in [2.05, 4.69) is 5.32 Å². The van der Waals surface area contributed by atoms with Gasteiger partial charge in [0, 0.05) is 12.6 Å². The highest BCUT2D eigenvalue weighted by atomic mass is 16.5. The SMILES string of the molecule is COC(=O)CN(C(=O)NCc1ccccc1)C1CCCC1. The predicted molar refractivity (Wildman–Crippen MR) is 79.7 cm³/mol. The number of nitrogens with zero attached hydrogens (tertiary/aromatic N) is 1. The van der Waals surface area contributed by atoms with Crippen LogP contribution >= 0.6 is 0 Å². The zero-order valence-corrected chi connectivity index (χ0v) is 12.4. The van der Waals surface area contributed by atoms with Gasteiger partial charge in [0.15, 0.2) is 0 Å². The number of esters is 1. The molecule has 0 aliphatic heterocycles. The lowest BCUT2D eigenvalue weighted by molar-refractivity contribution is -0.141. The third-order valence-corrected chi connectivity index (χ3v) is 3.84. The molecule has 1 fully saturated rings. The Morgan fingerprint density at radius 2 is 1.90 bits per heavy atom. The molecule has 1 aromatic carbocycles. The molecule has 0 spiro atoms. The van der Waals surface area contributed by atoms with Crippen molar-refractivity contribution in [1.29, 1.82) is 0 Å². The van der Waals surface area contributed by atoms with Crippen LogP contribution in [-0.2, 0) is 16.1 Å². The van der Waals surface area contributed by atoms with E-state index in [1.165, 1.54) is 7.11 Å². The van der Waals surface area contributed by atoms with Crippen LogP contribution in [-0.4, -0.2) is 36.6 Å². The van der Waals surface area contributed by atoms with Gasteiger partial charge in [0.05, 0.1) is 7.11 Å². The quantitative estimate of drug-likeness (QED) is 0.847. The van der Waals surface area contributed by atoms with Gasteiger partial charge in [-0.2, -0.15) is 0 Å². The van der Waals surface area contributed by atoms with Crippen LogP contribution in [0.15, 0.2) is 30.3 Å². The molecule has 21 heavy (non-hydrogen) atoms. The lowest BCUT2D eigenvalue weighted by Gasteiger charge is -2.28. The summed E-state index contributed by atoms with van der Waals surface area (Å²) < 4.78 is 4.69. The van der Waals surface area contributed by atoms with Crippen molar-refractivity contribution < 1.29 is 14.3 Å². The van der Waals surface area contributed by atoms with Gasteiger partial charge in [0.1, 0.15) is 6.54 Å². The number of ether oxygens (including phenoxy) is 1. The summed E-state index contributed by atoms with van der Waals surface area (Å²) in [5, 5.41) is 2.88. The molecule has 0 atom stereocenters. The van der Waals surface area contributed by atoms with Crippen LogP contribution in [0.1, 0.15) is 31.2 Å². The summed E-state index contributed by atoms with van der Waals surface area (Å²) in [6.45, 7) is 0.478. The average molecular weight is 290 g/mol. The summed E-state index contributed by atoms with van der Waals surface area (Å²) in [6, 6.07) is 9.67. The van der Waals surface area contributed by atoms with Crippen LogP contribution in [0.4, 0.5) is 4.79 Å². The fourth-order valence-corrected chi connectivity index (χ4v) is 2.66. The van der Waals surface area contributed by atoms with Crippen LogP contribution < -0.4 is 5.32 Å². The van der Waals surface area contributed by atoms with Gasteiger partial charge < -0.3 is 15.0 Å². The van der Waals surface area contributed by atoms with Crippen LogP contribution in [0.3, 0.4) is 0 Å². The van der Waals surface area contributed by atoms with E-state index in [0.29, 0.717) is 6.54 Å². The predicted octanol–water partition coefficient (Wildman–Crippen LogP) is 2.31. The van der Waals surface area contributed by atoms with Crippen molar-refractivity contribution in [2.75, 3.05) is 13.7 Å². The van der Waals surface area contributed by atoms with E-state index in [1.807, 2.05) is 30.3 Å². The lowest BCUT2D eigenvalue weighted by atomic mass is 10.2. The van der Waals surface area contributed by atoms with Gasteiger partial charge in [-0.1, -0.05) is 43.2 Å². The van der Waals surface area contributed by atoms with Crippen LogP contribution in [0, 0.1) is 0 Å². The van der Waals surface area contributed by atoms with Crippen LogP contribution in [0.2, 0.25) is 0 Å². The lowest BCUT2D eigenvalue weighted by Crippen LogP contribution is -2.47. The summed E-state index contributed by atoms with van der Waals surface area (Å²) in [5.74, 6) is -0.378. The molecule has 0 heterocycles. The van der Waals surface area contributed by atoms with Gasteiger partial charge >= 0.3 is 12.0 Å². The minimum Gasteiger partial charge on any atom is -0.468 e. The molecule has 1 saturated carbocycles. The van der Waals surface area contributed by atoms with Crippen LogP contribution in [0.25, 0.3) is 0 Å². The number of methoxy groups -OCH3 is 1. The van der Waals surface area contributed by atoms with Gasteiger partial charge in [-0.05, 0) is 18.4 Å². The number of rotatable bonds is 5. The smallest absolute Gasteiger partial charge is 0.325 e. The van der Waals surface area contributed by atoms with Gasteiger partial charge in [0.2, 0.25) is 0 Å². The Morgan fingerprint density at radius 1 is 1.24 bits per heavy atom. The van der Waals surface area contributed by atoms with E-state index in [9.17, 15) is 9.59 Å². The summed E-state index contributed by atoms with van der Waals surface area (Å²) in [6.07, 6.45) is 4.12. The summed E-state index contributed by atoms with van der Waals surface area (Å²) in [5.41, 5.74) is 1.04. The minimum absolute atomic E-state index is 0.0157. The number of hydrogen-bond donors (Lipinski definition) is 1. The van der Waals surface area contributed by atoms with Gasteiger partial charge in [0.25, 0.3) is 0 Å². The Morgan fingerprint density at radius 3 is 2.52 bits per heavy atom. The molecule has 1 aliphatic carbocycles. The molecule has 0 aromatic heterocycles. The number of nitrogens with one attached hydrogen (secondary N) is 1. The largest absolute Gasteiger partial charge is 0.468 e. The molecule has 0 saturated heterocycles. The third-order valence-electron chi connectivity index (χ3n) is 3.84. The van der Waals surface area contributed by atoms with Gasteiger partial charge in [-0.15, -0.1) is 0 Å². The van der Waals surface area contributed by atoms with E-state index >= 15 is 0 Å². The minimum atomic E-state index is -0.378. The average Bonchev–Trinajstić information content (AvgIpc) is 3.05. The second kappa shape index (κ2) is 7.67. The van der Waals surface area contributed by atoms with Crippen LogP contribution in [0.5, 0.6) is 0 Å². The molecule has 1 N–H and O–H groups in total. The number of carbonyl (C=O) groups excluding carboxylic acids is 2. The molecule has 0 bridgehead atoms. The highest BCUT2D eigenvalue weighted by Crippen LogP contribution is 2.23. The van der Waals surface area contributed by atoms with Crippen molar-refractivity contribution in [1.82, 2.24) is 10.2 Å². The summed E-state index contributed by atoms with van der Waals surface area (Å²) >= 11 is 0. The van der Waals surface area contributed by atoms with Crippen molar-refractivity contribution in [2.45, 2.75) is 38.3 Å². The third kappa shape index (κ3) is 4.48. The highest BCUT2D eigenvalue weighted by molar-refractivity contribution is 5.81. The molecule has 1 aromatic rings. The van der Waals surface area contributed by atoms with Gasteiger partial charge in [-0.3, -0.25) is 4.79 Å². The van der Waals surface area contributed by atoms with E-state index in [0.717, 1.165) is 31.2 Å². The molecule has 2 amide bonds. The van der Waals surface area contributed by atoms with E-state index in [-0.39, 0.29) is 24.6 Å². The molecular formula is C16H22N2O3. The fraction of sp³-hybridized carbons (Fsp3) is 0.500. The first-order chi connectivity index (χ1) is 10.2. The molecule has 114 valence electrons. The second-order valence-electron chi connectivity index (χ2n) is 5.29. The maximum absolute atomic E-state index is 12.4. The number of hydrogen-bond acceptors (Lipinski definition) is 3. The molecule has 0 unspecified atom stereocenters. The van der Waals surface area contributed by atoms with E-state index in [1.54, 1.807) is 4.90 Å². The summed E-state index contributed by atoms with van der Waals surface area (Å²) in [4.78, 5) is 25.5. The van der Waals surface area contributed by atoms with E-state index in [4.69, 9.17) is 4.74 Å².